The van der Waals surface area contributed by atoms with Crippen molar-refractivity contribution in [3.05, 3.63) is 12.2 Å². The molecule has 0 aromatic carbocycles. The maximum atomic E-state index is 12.7. The highest BCUT2D eigenvalue weighted by molar-refractivity contribution is 5.72. The van der Waals surface area contributed by atoms with Gasteiger partial charge in [-0.25, -0.2) is 4.79 Å². The highest BCUT2D eigenvalue weighted by atomic mass is 16.6. The lowest BCUT2D eigenvalue weighted by Crippen LogP contribution is -2.50. The number of hydrogen-bond acceptors (Lipinski definition) is 6. The molecular formula is C46H88NO7+. The van der Waals surface area contributed by atoms with Crippen LogP contribution in [0.4, 0.5) is 0 Å². The molecule has 0 fully saturated rings. The Morgan fingerprint density at radius 2 is 0.944 bits per heavy atom. The van der Waals surface area contributed by atoms with Crippen LogP contribution in [0.1, 0.15) is 213 Å². The van der Waals surface area contributed by atoms with Gasteiger partial charge >= 0.3 is 17.9 Å². The summed E-state index contributed by atoms with van der Waals surface area (Å²) in [6.07, 6.45) is 39.8. The lowest BCUT2D eigenvalue weighted by Gasteiger charge is -2.31. The molecule has 0 aliphatic heterocycles. The number of carbonyl (C=O) groups excluding carboxylic acids is 2. The smallest absolute Gasteiger partial charge is 0.362 e. The maximum absolute atomic E-state index is 12.7. The van der Waals surface area contributed by atoms with Gasteiger partial charge in [-0.2, -0.15) is 0 Å². The Bertz CT molecular complexity index is 900. The molecule has 8 nitrogen and oxygen atoms in total. The molecule has 0 radical (unpaired) electrons. The van der Waals surface area contributed by atoms with E-state index in [1.165, 1.54) is 122 Å². The zero-order valence-corrected chi connectivity index (χ0v) is 36.2. The molecule has 0 spiro atoms. The van der Waals surface area contributed by atoms with Crippen molar-refractivity contribution in [2.45, 2.75) is 225 Å². The molecule has 0 bridgehead atoms. The molecule has 0 aliphatic carbocycles. The molecule has 2 atom stereocenters. The third-order valence-electron chi connectivity index (χ3n) is 10.4. The number of carboxylic acids is 1. The van der Waals surface area contributed by atoms with E-state index >= 15 is 0 Å². The number of allylic oxidation sites excluding steroid dienone is 2. The predicted molar refractivity (Wildman–Crippen MR) is 225 cm³/mol. The second-order valence-electron chi connectivity index (χ2n) is 16.7. The number of aliphatic carboxylic acids is 1. The van der Waals surface area contributed by atoms with Crippen LogP contribution in [0.15, 0.2) is 12.2 Å². The molecule has 0 saturated carbocycles. The van der Waals surface area contributed by atoms with Crippen LogP contribution in [0.3, 0.4) is 0 Å². The van der Waals surface area contributed by atoms with Crippen molar-refractivity contribution >= 4 is 17.9 Å². The first-order chi connectivity index (χ1) is 26.1. The van der Waals surface area contributed by atoms with Crippen LogP contribution >= 0.6 is 0 Å². The summed E-state index contributed by atoms with van der Waals surface area (Å²) in [5.74, 6) is -1.47. The Labute approximate surface area is 333 Å². The summed E-state index contributed by atoms with van der Waals surface area (Å²) >= 11 is 0. The van der Waals surface area contributed by atoms with Gasteiger partial charge in [-0.15, -0.1) is 0 Å². The van der Waals surface area contributed by atoms with E-state index < -0.39 is 18.1 Å². The second-order valence-corrected chi connectivity index (χ2v) is 16.7. The van der Waals surface area contributed by atoms with E-state index in [0.29, 0.717) is 19.3 Å². The number of esters is 2. The number of quaternary nitrogens is 1. The fraction of sp³-hybridized carbons (Fsp3) is 0.891. The molecule has 0 heterocycles. The highest BCUT2D eigenvalue weighted by Gasteiger charge is 2.31. The van der Waals surface area contributed by atoms with Gasteiger partial charge in [0.1, 0.15) is 6.61 Å². The first-order valence-electron chi connectivity index (χ1n) is 22.7. The van der Waals surface area contributed by atoms with Crippen molar-refractivity contribution in [1.82, 2.24) is 0 Å². The van der Waals surface area contributed by atoms with Crippen LogP contribution in [0.25, 0.3) is 0 Å². The summed E-state index contributed by atoms with van der Waals surface area (Å²) in [6, 6.07) is -0.611. The van der Waals surface area contributed by atoms with Gasteiger partial charge in [0.25, 0.3) is 0 Å². The number of hydrogen-bond donors (Lipinski definition) is 1. The number of ether oxygens (including phenoxy) is 3. The Hall–Kier alpha value is -1.93. The Balaban J connectivity index is 4.18. The Morgan fingerprint density at radius 1 is 0.537 bits per heavy atom. The first kappa shape index (κ1) is 52.1. The standard InChI is InChI=1S/C46H87NO7/c1-6-8-10-12-14-16-18-19-20-21-22-23-24-25-26-27-29-30-32-34-36-44(48)53-41-42(40-52-39-38-43(46(50)51)47(3,4)5)54-45(49)37-35-33-31-28-17-15-13-11-9-7-2/h13,15,42-43H,6-12,14,16-41H2,1-5H3/p+1/b15-13+. The minimum Gasteiger partial charge on any atom is -0.477 e. The molecule has 0 aliphatic rings. The molecule has 2 unspecified atom stereocenters. The van der Waals surface area contributed by atoms with Crippen molar-refractivity contribution in [2.75, 3.05) is 41.0 Å². The number of rotatable bonds is 41. The van der Waals surface area contributed by atoms with Gasteiger partial charge < -0.3 is 23.8 Å². The molecule has 0 aromatic heterocycles. The maximum Gasteiger partial charge on any atom is 0.362 e. The Kier molecular flexibility index (Phi) is 36.6. The predicted octanol–water partition coefficient (Wildman–Crippen LogP) is 12.3. The van der Waals surface area contributed by atoms with Crippen molar-refractivity contribution in [2.24, 2.45) is 0 Å². The largest absolute Gasteiger partial charge is 0.477 e. The number of unbranched alkanes of at least 4 members (excludes halogenated alkanes) is 25. The van der Waals surface area contributed by atoms with E-state index in [9.17, 15) is 19.5 Å². The quantitative estimate of drug-likeness (QED) is 0.0286. The molecule has 0 aromatic rings. The van der Waals surface area contributed by atoms with Crippen LogP contribution < -0.4 is 0 Å². The lowest BCUT2D eigenvalue weighted by molar-refractivity contribution is -0.887. The van der Waals surface area contributed by atoms with E-state index in [2.05, 4.69) is 26.0 Å². The van der Waals surface area contributed by atoms with Crippen LogP contribution in [0.5, 0.6) is 0 Å². The van der Waals surface area contributed by atoms with Crippen LogP contribution in [-0.2, 0) is 28.6 Å². The third-order valence-corrected chi connectivity index (χ3v) is 10.4. The number of carboxylic acid groups (broad SMARTS) is 1. The van der Waals surface area contributed by atoms with Gasteiger partial charge in [-0.05, 0) is 32.1 Å². The summed E-state index contributed by atoms with van der Waals surface area (Å²) in [6.45, 7) is 4.71. The number of likely N-dealkylation sites (N-methyl/N-ethyl adjacent to an activating group) is 1. The van der Waals surface area contributed by atoms with Gasteiger partial charge in [-0.3, -0.25) is 9.59 Å². The Morgan fingerprint density at radius 3 is 1.39 bits per heavy atom. The molecular weight excluding hydrogens is 679 g/mol. The highest BCUT2D eigenvalue weighted by Crippen LogP contribution is 2.16. The normalized spacial score (nSPS) is 13.0. The monoisotopic (exact) mass is 767 g/mol. The summed E-state index contributed by atoms with van der Waals surface area (Å²) in [7, 11) is 5.53. The van der Waals surface area contributed by atoms with Gasteiger partial charge in [-0.1, -0.05) is 174 Å². The second kappa shape index (κ2) is 38.0. The van der Waals surface area contributed by atoms with Gasteiger partial charge in [0, 0.05) is 19.3 Å². The fourth-order valence-corrected chi connectivity index (χ4v) is 6.84. The summed E-state index contributed by atoms with van der Waals surface area (Å²) in [4.78, 5) is 36.9. The van der Waals surface area contributed by atoms with Crippen LogP contribution in [-0.4, -0.2) is 80.6 Å². The average molecular weight is 767 g/mol. The van der Waals surface area contributed by atoms with E-state index in [0.717, 1.165) is 57.8 Å². The molecule has 1 N–H and O–H groups in total. The summed E-state index contributed by atoms with van der Waals surface area (Å²) < 4.78 is 17.3. The van der Waals surface area contributed by atoms with Gasteiger partial charge in [0.05, 0.1) is 34.4 Å². The van der Waals surface area contributed by atoms with Crippen LogP contribution in [0, 0.1) is 0 Å². The molecule has 0 amide bonds. The molecule has 8 heteroatoms. The van der Waals surface area contributed by atoms with Crippen LogP contribution in [0.2, 0.25) is 0 Å². The minimum atomic E-state index is -0.874. The molecule has 0 saturated heterocycles. The fourth-order valence-electron chi connectivity index (χ4n) is 6.84. The first-order valence-corrected chi connectivity index (χ1v) is 22.7. The van der Waals surface area contributed by atoms with E-state index in [1.54, 1.807) is 0 Å². The topological polar surface area (TPSA) is 99.1 Å². The number of nitrogens with zero attached hydrogens (tertiary/aromatic N) is 1. The van der Waals surface area contributed by atoms with Gasteiger partial charge in [0.15, 0.2) is 12.1 Å². The third kappa shape index (κ3) is 35.8. The minimum absolute atomic E-state index is 0.0498. The van der Waals surface area contributed by atoms with E-state index in [1.807, 2.05) is 21.1 Å². The van der Waals surface area contributed by atoms with Crippen molar-refractivity contribution in [3.63, 3.8) is 0 Å². The zero-order valence-electron chi connectivity index (χ0n) is 36.2. The number of carbonyl (C=O) groups is 3. The van der Waals surface area contributed by atoms with E-state index in [4.69, 9.17) is 14.2 Å². The summed E-state index contributed by atoms with van der Waals surface area (Å²) in [5.41, 5.74) is 0. The average Bonchev–Trinajstić information content (AvgIpc) is 3.12. The SMILES string of the molecule is CCCC/C=C/CCCCCCC(=O)OC(COCCC(C(=O)O)[N+](C)(C)C)COC(=O)CCCCCCCCCCCCCCCCCCCCCC. The van der Waals surface area contributed by atoms with Gasteiger partial charge in [0.2, 0.25) is 0 Å². The van der Waals surface area contributed by atoms with Crippen molar-refractivity contribution < 1.29 is 38.2 Å². The zero-order chi connectivity index (χ0) is 40.0. The van der Waals surface area contributed by atoms with E-state index in [-0.39, 0.29) is 36.2 Å². The van der Waals surface area contributed by atoms with Crippen molar-refractivity contribution in [1.29, 1.82) is 0 Å². The summed E-state index contributed by atoms with van der Waals surface area (Å²) in [5, 5.41) is 9.60. The molecule has 54 heavy (non-hydrogen) atoms. The lowest BCUT2D eigenvalue weighted by atomic mass is 10.0. The molecule has 0 rings (SSSR count). The van der Waals surface area contributed by atoms with Crippen molar-refractivity contribution in [3.8, 4) is 0 Å². The molecule has 318 valence electrons.